The van der Waals surface area contributed by atoms with Gasteiger partial charge in [-0.25, -0.2) is 0 Å². The second-order valence-electron chi connectivity index (χ2n) is 11.9. The number of aryl methyl sites for hydroxylation is 3. The van der Waals surface area contributed by atoms with E-state index in [0.29, 0.717) is 11.1 Å². The molecule has 0 amide bonds. The van der Waals surface area contributed by atoms with Gasteiger partial charge in [0.05, 0.1) is 44.6 Å². The minimum Gasteiger partial charge on any atom is -0.308 e. The van der Waals surface area contributed by atoms with Gasteiger partial charge in [0, 0.05) is 21.5 Å². The summed E-state index contributed by atoms with van der Waals surface area (Å²) in [6, 6.07) is 44.8. The number of nitrogens with zero attached hydrogens (tertiary/aromatic N) is 4. The number of hydrogen-bond donors (Lipinski definition) is 0. The monoisotopic (exact) mass is 576 g/mol. The van der Waals surface area contributed by atoms with Crippen molar-refractivity contribution in [2.75, 3.05) is 0 Å². The van der Waals surface area contributed by atoms with E-state index in [1.165, 1.54) is 27.5 Å². The lowest BCUT2D eigenvalue weighted by Crippen LogP contribution is -2.00. The maximum absolute atomic E-state index is 10.3. The molecule has 4 heteroatoms. The Labute approximate surface area is 261 Å². The third-order valence-electron chi connectivity index (χ3n) is 8.96. The fourth-order valence-electron chi connectivity index (χ4n) is 6.84. The van der Waals surface area contributed by atoms with Crippen LogP contribution >= 0.6 is 0 Å². The first-order valence-electron chi connectivity index (χ1n) is 15.1. The minimum absolute atomic E-state index is 0.601. The molecular weight excluding hydrogens is 548 g/mol. The molecule has 6 aromatic carbocycles. The molecule has 0 N–H and O–H groups in total. The molecule has 8 rings (SSSR count). The number of para-hydroxylation sites is 1. The summed E-state index contributed by atoms with van der Waals surface area (Å²) in [6.45, 7) is 6.33. The summed E-state index contributed by atoms with van der Waals surface area (Å²) in [4.78, 5) is 0. The lowest BCUT2D eigenvalue weighted by molar-refractivity contribution is 1.16. The van der Waals surface area contributed by atoms with Gasteiger partial charge in [-0.1, -0.05) is 65.2 Å². The van der Waals surface area contributed by atoms with Crippen LogP contribution in [0.15, 0.2) is 115 Å². The van der Waals surface area contributed by atoms with Crippen molar-refractivity contribution in [2.24, 2.45) is 0 Å². The predicted octanol–water partition coefficient (Wildman–Crippen LogP) is 10.2. The Kier molecular flexibility index (Phi) is 5.88. The van der Waals surface area contributed by atoms with Crippen LogP contribution in [0.2, 0.25) is 0 Å². The highest BCUT2D eigenvalue weighted by Crippen LogP contribution is 2.38. The maximum Gasteiger partial charge on any atom is 0.101 e. The average Bonchev–Trinajstić information content (AvgIpc) is 3.55. The lowest BCUT2D eigenvalue weighted by atomic mass is 9.99. The molecule has 8 aromatic rings. The molecular formula is C41H28N4. The highest BCUT2D eigenvalue weighted by atomic mass is 15.0. The molecule has 0 spiro atoms. The van der Waals surface area contributed by atoms with Crippen molar-refractivity contribution in [2.45, 2.75) is 20.8 Å². The van der Waals surface area contributed by atoms with E-state index in [9.17, 15) is 10.5 Å². The maximum atomic E-state index is 10.3. The van der Waals surface area contributed by atoms with Gasteiger partial charge >= 0.3 is 0 Å². The molecule has 45 heavy (non-hydrogen) atoms. The van der Waals surface area contributed by atoms with Crippen LogP contribution in [0.4, 0.5) is 0 Å². The van der Waals surface area contributed by atoms with Gasteiger partial charge < -0.3 is 9.13 Å². The van der Waals surface area contributed by atoms with E-state index in [4.69, 9.17) is 0 Å². The summed E-state index contributed by atoms with van der Waals surface area (Å²) in [7, 11) is 0. The van der Waals surface area contributed by atoms with E-state index in [1.54, 1.807) is 0 Å². The molecule has 0 saturated carbocycles. The summed E-state index contributed by atoms with van der Waals surface area (Å²) < 4.78 is 4.42. The first kappa shape index (κ1) is 26.5. The van der Waals surface area contributed by atoms with Crippen LogP contribution in [0, 0.1) is 43.4 Å². The Bertz CT molecular complexity index is 2540. The Hall–Kier alpha value is -6.10. The molecule has 4 nitrogen and oxygen atoms in total. The summed E-state index contributed by atoms with van der Waals surface area (Å²) in [5.41, 5.74) is 12.7. The second-order valence-corrected chi connectivity index (χ2v) is 11.9. The van der Waals surface area contributed by atoms with E-state index in [1.807, 2.05) is 30.3 Å². The number of rotatable bonds is 3. The van der Waals surface area contributed by atoms with Gasteiger partial charge in [-0.3, -0.25) is 0 Å². The van der Waals surface area contributed by atoms with Crippen molar-refractivity contribution < 1.29 is 0 Å². The van der Waals surface area contributed by atoms with Crippen LogP contribution < -0.4 is 0 Å². The van der Waals surface area contributed by atoms with E-state index in [2.05, 4.69) is 127 Å². The summed E-state index contributed by atoms with van der Waals surface area (Å²) >= 11 is 0. The van der Waals surface area contributed by atoms with Gasteiger partial charge in [-0.2, -0.15) is 10.5 Å². The van der Waals surface area contributed by atoms with Crippen LogP contribution in [0.25, 0.3) is 66.1 Å². The van der Waals surface area contributed by atoms with Gasteiger partial charge in [0.25, 0.3) is 0 Å². The Morgan fingerprint density at radius 3 is 1.27 bits per heavy atom. The van der Waals surface area contributed by atoms with E-state index in [0.717, 1.165) is 55.3 Å². The number of fused-ring (bicyclic) bond motifs is 6. The molecule has 0 atom stereocenters. The molecule has 0 unspecified atom stereocenters. The molecule has 0 radical (unpaired) electrons. The van der Waals surface area contributed by atoms with Crippen molar-refractivity contribution in [1.29, 1.82) is 10.5 Å². The quantitative estimate of drug-likeness (QED) is 0.210. The van der Waals surface area contributed by atoms with Crippen LogP contribution in [-0.2, 0) is 0 Å². The predicted molar refractivity (Wildman–Crippen MR) is 184 cm³/mol. The van der Waals surface area contributed by atoms with Crippen LogP contribution in [0.5, 0.6) is 0 Å². The second kappa shape index (κ2) is 9.98. The van der Waals surface area contributed by atoms with Gasteiger partial charge in [0.1, 0.15) is 12.1 Å². The highest BCUT2D eigenvalue weighted by Gasteiger charge is 2.19. The minimum atomic E-state index is 0.601. The summed E-state index contributed by atoms with van der Waals surface area (Å²) in [5.74, 6) is 0. The third-order valence-corrected chi connectivity index (χ3v) is 8.96. The SMILES string of the molecule is Cc1ccc2c(c1)c1ccccc1n2-c1cc(-c2ccc(C#N)c(-n3c4ccc(C)cc4c4cc(C)ccc43)c2)ccc1C#N. The fraction of sp³-hybridized carbons (Fsp3) is 0.0732. The topological polar surface area (TPSA) is 57.4 Å². The van der Waals surface area contributed by atoms with Crippen LogP contribution in [0.1, 0.15) is 27.8 Å². The number of nitriles is 2. The molecule has 0 aliphatic rings. The van der Waals surface area contributed by atoms with Crippen molar-refractivity contribution in [3.8, 4) is 34.6 Å². The van der Waals surface area contributed by atoms with Crippen molar-refractivity contribution in [3.05, 3.63) is 143 Å². The largest absolute Gasteiger partial charge is 0.308 e. The van der Waals surface area contributed by atoms with E-state index < -0.39 is 0 Å². The molecule has 0 bridgehead atoms. The van der Waals surface area contributed by atoms with Gasteiger partial charge in [0.2, 0.25) is 0 Å². The van der Waals surface area contributed by atoms with Crippen molar-refractivity contribution in [3.63, 3.8) is 0 Å². The van der Waals surface area contributed by atoms with Gasteiger partial charge in [0.15, 0.2) is 0 Å². The zero-order chi connectivity index (χ0) is 30.8. The fourth-order valence-corrected chi connectivity index (χ4v) is 6.84. The Balaban J connectivity index is 1.39. The van der Waals surface area contributed by atoms with Crippen molar-refractivity contribution >= 4 is 43.6 Å². The highest BCUT2D eigenvalue weighted by molar-refractivity contribution is 6.11. The third kappa shape index (κ3) is 4.04. The lowest BCUT2D eigenvalue weighted by Gasteiger charge is -2.15. The van der Waals surface area contributed by atoms with E-state index >= 15 is 0 Å². The van der Waals surface area contributed by atoms with Crippen LogP contribution in [0.3, 0.4) is 0 Å². The van der Waals surface area contributed by atoms with Gasteiger partial charge in [-0.15, -0.1) is 0 Å². The van der Waals surface area contributed by atoms with Gasteiger partial charge in [-0.05, 0) is 98.6 Å². The molecule has 0 saturated heterocycles. The average molecular weight is 577 g/mol. The number of aromatic nitrogens is 2. The smallest absolute Gasteiger partial charge is 0.101 e. The normalized spacial score (nSPS) is 11.4. The van der Waals surface area contributed by atoms with Crippen LogP contribution in [-0.4, -0.2) is 9.13 Å². The number of hydrogen-bond acceptors (Lipinski definition) is 2. The zero-order valence-electron chi connectivity index (χ0n) is 25.3. The van der Waals surface area contributed by atoms with E-state index in [-0.39, 0.29) is 0 Å². The standard InChI is InChI=1S/C41H28N4/c1-25-8-15-37-33(18-25)32-6-4-5-7-36(32)44(37)40-21-28(11-13-30(40)23-42)29-12-14-31(24-43)41(22-29)45-38-16-9-26(2)19-34(38)35-20-27(3)10-17-39(35)45/h4-22H,1-3H3. The zero-order valence-corrected chi connectivity index (χ0v) is 25.3. The molecule has 0 aliphatic heterocycles. The summed E-state index contributed by atoms with van der Waals surface area (Å²) in [6.07, 6.45) is 0. The molecule has 2 heterocycles. The Morgan fingerprint density at radius 2 is 0.822 bits per heavy atom. The Morgan fingerprint density at radius 1 is 0.422 bits per heavy atom. The molecule has 2 aromatic heterocycles. The first-order chi connectivity index (χ1) is 21.9. The summed E-state index contributed by atoms with van der Waals surface area (Å²) in [5, 5.41) is 25.2. The molecule has 0 fully saturated rings. The first-order valence-corrected chi connectivity index (χ1v) is 15.1. The number of benzene rings is 6. The molecule has 0 aliphatic carbocycles. The van der Waals surface area contributed by atoms with Crippen molar-refractivity contribution in [1.82, 2.24) is 9.13 Å². The molecule has 212 valence electrons.